The maximum absolute atomic E-state index is 8.64. The van der Waals surface area contributed by atoms with Crippen LogP contribution in [0.4, 0.5) is 0 Å². The predicted octanol–water partition coefficient (Wildman–Crippen LogP) is 1.93. The fourth-order valence-corrected chi connectivity index (χ4v) is 1.99. The Morgan fingerprint density at radius 3 is 2.46 bits per heavy atom. The molecular weight excluding hydrogens is 162 g/mol. The summed E-state index contributed by atoms with van der Waals surface area (Å²) in [4.78, 5) is 0. The number of aliphatic hydroxyl groups excluding tert-OH is 1. The molecule has 0 radical (unpaired) electrons. The molecule has 0 heterocycles. The molecule has 2 N–H and O–H groups in total. The van der Waals surface area contributed by atoms with Gasteiger partial charge in [-0.25, -0.2) is 0 Å². The van der Waals surface area contributed by atoms with E-state index in [9.17, 15) is 0 Å². The third-order valence-electron chi connectivity index (χ3n) is 3.11. The lowest BCUT2D eigenvalue weighted by Gasteiger charge is -2.34. The van der Waals surface area contributed by atoms with Crippen LogP contribution < -0.4 is 5.32 Å². The Labute approximate surface area is 81.7 Å². The third-order valence-corrected chi connectivity index (χ3v) is 3.11. The Hall–Kier alpha value is -0.0800. The van der Waals surface area contributed by atoms with Gasteiger partial charge in [0.25, 0.3) is 0 Å². The van der Waals surface area contributed by atoms with Crippen molar-refractivity contribution in [2.75, 3.05) is 13.2 Å². The van der Waals surface area contributed by atoms with Crippen LogP contribution in [0.25, 0.3) is 0 Å². The van der Waals surface area contributed by atoms with Gasteiger partial charge in [0, 0.05) is 12.6 Å². The van der Waals surface area contributed by atoms with E-state index in [1.807, 2.05) is 0 Å². The van der Waals surface area contributed by atoms with E-state index in [1.54, 1.807) is 0 Å². The van der Waals surface area contributed by atoms with Crippen LogP contribution in [0.2, 0.25) is 0 Å². The normalized spacial score (nSPS) is 23.3. The summed E-state index contributed by atoms with van der Waals surface area (Å²) in [6, 6.07) is 0.708. The zero-order valence-corrected chi connectivity index (χ0v) is 8.97. The monoisotopic (exact) mass is 185 g/mol. The molecule has 2 heteroatoms. The van der Waals surface area contributed by atoms with Gasteiger partial charge in [-0.05, 0) is 44.1 Å². The number of hydrogen-bond acceptors (Lipinski definition) is 2. The molecule has 0 aromatic heterocycles. The van der Waals surface area contributed by atoms with E-state index in [0.29, 0.717) is 18.1 Å². The summed E-state index contributed by atoms with van der Waals surface area (Å²) in [6.45, 7) is 6.00. The number of aliphatic hydroxyl groups is 1. The van der Waals surface area contributed by atoms with Gasteiger partial charge in [0.2, 0.25) is 0 Å². The Kier molecular flexibility index (Phi) is 4.20. The SMILES string of the molecule is CC1(C)CCC(NCCCO)CC1. The fourth-order valence-electron chi connectivity index (χ4n) is 1.99. The third kappa shape index (κ3) is 4.10. The summed E-state index contributed by atoms with van der Waals surface area (Å²) in [5.41, 5.74) is 0.565. The molecule has 1 fully saturated rings. The van der Waals surface area contributed by atoms with E-state index in [2.05, 4.69) is 19.2 Å². The molecule has 0 atom stereocenters. The van der Waals surface area contributed by atoms with Gasteiger partial charge < -0.3 is 10.4 Å². The standard InChI is InChI=1S/C11H23NO/c1-11(2)6-4-10(5-7-11)12-8-3-9-13/h10,12-13H,3-9H2,1-2H3. The molecule has 1 saturated carbocycles. The van der Waals surface area contributed by atoms with E-state index in [-0.39, 0.29) is 0 Å². The summed E-state index contributed by atoms with van der Waals surface area (Å²) in [6.07, 6.45) is 6.17. The molecule has 0 aliphatic heterocycles. The van der Waals surface area contributed by atoms with Crippen molar-refractivity contribution in [1.29, 1.82) is 0 Å². The second kappa shape index (κ2) is 4.97. The smallest absolute Gasteiger partial charge is 0.0443 e. The van der Waals surface area contributed by atoms with Gasteiger partial charge in [0.15, 0.2) is 0 Å². The molecule has 1 rings (SSSR count). The van der Waals surface area contributed by atoms with Crippen LogP contribution >= 0.6 is 0 Å². The number of nitrogens with one attached hydrogen (secondary N) is 1. The highest BCUT2D eigenvalue weighted by Crippen LogP contribution is 2.34. The molecule has 1 aliphatic carbocycles. The first-order chi connectivity index (χ1) is 6.14. The van der Waals surface area contributed by atoms with Crippen molar-refractivity contribution in [3.63, 3.8) is 0 Å². The lowest BCUT2D eigenvalue weighted by molar-refractivity contribution is 0.203. The van der Waals surface area contributed by atoms with Gasteiger partial charge in [-0.2, -0.15) is 0 Å². The van der Waals surface area contributed by atoms with Crippen molar-refractivity contribution >= 4 is 0 Å². The van der Waals surface area contributed by atoms with Gasteiger partial charge >= 0.3 is 0 Å². The maximum atomic E-state index is 8.64. The predicted molar refractivity (Wildman–Crippen MR) is 55.7 cm³/mol. The first-order valence-corrected chi connectivity index (χ1v) is 5.48. The maximum Gasteiger partial charge on any atom is 0.0443 e. The van der Waals surface area contributed by atoms with Gasteiger partial charge in [-0.15, -0.1) is 0 Å². The Balaban J connectivity index is 2.11. The molecule has 0 spiro atoms. The molecule has 0 unspecified atom stereocenters. The van der Waals surface area contributed by atoms with Crippen LogP contribution in [0.1, 0.15) is 46.0 Å². The van der Waals surface area contributed by atoms with Crippen molar-refractivity contribution in [2.45, 2.75) is 52.0 Å². The number of rotatable bonds is 4. The second-order valence-corrected chi connectivity index (χ2v) is 4.97. The highest BCUT2D eigenvalue weighted by molar-refractivity contribution is 4.81. The largest absolute Gasteiger partial charge is 0.396 e. The van der Waals surface area contributed by atoms with Crippen LogP contribution in [0.5, 0.6) is 0 Å². The molecule has 0 saturated heterocycles. The van der Waals surface area contributed by atoms with Gasteiger partial charge in [-0.1, -0.05) is 13.8 Å². The first-order valence-electron chi connectivity index (χ1n) is 5.48. The van der Waals surface area contributed by atoms with Crippen molar-refractivity contribution < 1.29 is 5.11 Å². The van der Waals surface area contributed by atoms with Crippen molar-refractivity contribution in [2.24, 2.45) is 5.41 Å². The molecule has 0 aromatic rings. The van der Waals surface area contributed by atoms with Crippen LogP contribution in [-0.4, -0.2) is 24.3 Å². The molecule has 0 amide bonds. The Bertz CT molecular complexity index is 135. The Morgan fingerprint density at radius 2 is 1.92 bits per heavy atom. The molecule has 2 nitrogen and oxygen atoms in total. The average molecular weight is 185 g/mol. The Morgan fingerprint density at radius 1 is 1.31 bits per heavy atom. The second-order valence-electron chi connectivity index (χ2n) is 4.97. The summed E-state index contributed by atoms with van der Waals surface area (Å²) >= 11 is 0. The van der Waals surface area contributed by atoms with E-state index in [0.717, 1.165) is 13.0 Å². The topological polar surface area (TPSA) is 32.3 Å². The van der Waals surface area contributed by atoms with Gasteiger partial charge in [0.05, 0.1) is 0 Å². The summed E-state index contributed by atoms with van der Waals surface area (Å²) in [5.74, 6) is 0. The summed E-state index contributed by atoms with van der Waals surface area (Å²) in [7, 11) is 0. The average Bonchev–Trinajstić information content (AvgIpc) is 2.08. The van der Waals surface area contributed by atoms with Crippen LogP contribution in [0.15, 0.2) is 0 Å². The van der Waals surface area contributed by atoms with E-state index >= 15 is 0 Å². The quantitative estimate of drug-likeness (QED) is 0.656. The minimum Gasteiger partial charge on any atom is -0.396 e. The molecular formula is C11H23NO. The summed E-state index contributed by atoms with van der Waals surface area (Å²) < 4.78 is 0. The zero-order chi connectivity index (χ0) is 9.73. The molecule has 0 bridgehead atoms. The van der Waals surface area contributed by atoms with E-state index in [4.69, 9.17) is 5.11 Å². The molecule has 0 aromatic carbocycles. The lowest BCUT2D eigenvalue weighted by Crippen LogP contribution is -2.36. The van der Waals surface area contributed by atoms with Gasteiger partial charge in [-0.3, -0.25) is 0 Å². The van der Waals surface area contributed by atoms with Crippen LogP contribution in [0.3, 0.4) is 0 Å². The van der Waals surface area contributed by atoms with Crippen molar-refractivity contribution in [3.8, 4) is 0 Å². The lowest BCUT2D eigenvalue weighted by atomic mass is 9.75. The first kappa shape index (κ1) is 11.0. The van der Waals surface area contributed by atoms with Crippen LogP contribution in [0, 0.1) is 5.41 Å². The number of hydrogen-bond donors (Lipinski definition) is 2. The van der Waals surface area contributed by atoms with E-state index in [1.165, 1.54) is 25.7 Å². The zero-order valence-electron chi connectivity index (χ0n) is 8.97. The molecule has 13 heavy (non-hydrogen) atoms. The van der Waals surface area contributed by atoms with Crippen molar-refractivity contribution in [3.05, 3.63) is 0 Å². The van der Waals surface area contributed by atoms with E-state index < -0.39 is 0 Å². The molecule has 1 aliphatic rings. The summed E-state index contributed by atoms with van der Waals surface area (Å²) in [5, 5.41) is 12.1. The van der Waals surface area contributed by atoms with Gasteiger partial charge in [0.1, 0.15) is 0 Å². The van der Waals surface area contributed by atoms with Crippen LogP contribution in [-0.2, 0) is 0 Å². The highest BCUT2D eigenvalue weighted by Gasteiger charge is 2.25. The molecule has 78 valence electrons. The highest BCUT2D eigenvalue weighted by atomic mass is 16.3. The minimum absolute atomic E-state index is 0.311. The minimum atomic E-state index is 0.311. The fraction of sp³-hybridized carbons (Fsp3) is 1.00. The van der Waals surface area contributed by atoms with Crippen molar-refractivity contribution in [1.82, 2.24) is 5.32 Å².